The van der Waals surface area contributed by atoms with Crippen molar-refractivity contribution < 1.29 is 9.32 Å². The lowest BCUT2D eigenvalue weighted by Crippen LogP contribution is -2.32. The molecule has 2 rings (SSSR count). The summed E-state index contributed by atoms with van der Waals surface area (Å²) in [6.07, 6.45) is 3.51. The Morgan fingerprint density at radius 2 is 1.95 bits per heavy atom. The fourth-order valence-corrected chi connectivity index (χ4v) is 2.23. The Morgan fingerprint density at radius 3 is 2.55 bits per heavy atom. The van der Waals surface area contributed by atoms with Gasteiger partial charge in [0.25, 0.3) is 5.91 Å². The summed E-state index contributed by atoms with van der Waals surface area (Å²) in [7, 11) is 0. The summed E-state index contributed by atoms with van der Waals surface area (Å²) in [6.45, 7) is 7.49. The molecule has 22 heavy (non-hydrogen) atoms. The lowest BCUT2D eigenvalue weighted by Gasteiger charge is -2.21. The summed E-state index contributed by atoms with van der Waals surface area (Å²) in [5.41, 5.74) is 0.625. The van der Waals surface area contributed by atoms with Crippen molar-refractivity contribution >= 4 is 17.5 Å². The van der Waals surface area contributed by atoms with Gasteiger partial charge in [-0.1, -0.05) is 19.0 Å². The van der Waals surface area contributed by atoms with Crippen molar-refractivity contribution in [3.63, 3.8) is 0 Å². The summed E-state index contributed by atoms with van der Waals surface area (Å²) < 4.78 is 5.00. The van der Waals surface area contributed by atoms with Crippen LogP contribution < -0.4 is 5.32 Å². The molecule has 2 heterocycles. The maximum Gasteiger partial charge on any atom is 0.254 e. The minimum atomic E-state index is 0.0329. The number of carbonyl (C=O) groups is 1. The van der Waals surface area contributed by atoms with Gasteiger partial charge in [0.05, 0.1) is 0 Å². The molecule has 0 aliphatic carbocycles. The number of anilines is 2. The number of hydrogen-bond acceptors (Lipinski definition) is 5. The first-order chi connectivity index (χ1) is 10.6. The van der Waals surface area contributed by atoms with E-state index in [9.17, 15) is 4.79 Å². The van der Waals surface area contributed by atoms with E-state index in [0.29, 0.717) is 23.0 Å². The predicted molar refractivity (Wildman–Crippen MR) is 85.2 cm³/mol. The third kappa shape index (κ3) is 4.07. The van der Waals surface area contributed by atoms with E-state index in [2.05, 4.69) is 29.3 Å². The monoisotopic (exact) mass is 302 g/mol. The molecule has 2 aromatic rings. The first-order valence-corrected chi connectivity index (χ1v) is 7.59. The van der Waals surface area contributed by atoms with Crippen LogP contribution in [-0.4, -0.2) is 34.0 Å². The molecule has 0 saturated heterocycles. The quantitative estimate of drug-likeness (QED) is 0.849. The number of rotatable bonds is 7. The first kappa shape index (κ1) is 16.0. The standard InChI is InChI=1S/C16H22N4O2/c1-4-8-20(9-5-2)16(21)13-6-7-17-14(11-13)18-15-10-12(3)22-19-15/h6-7,10-11H,4-5,8-9H2,1-3H3,(H,17,18,19). The molecule has 0 unspecified atom stereocenters. The van der Waals surface area contributed by atoms with Gasteiger partial charge < -0.3 is 14.7 Å². The molecule has 0 bridgehead atoms. The van der Waals surface area contributed by atoms with Gasteiger partial charge in [0.15, 0.2) is 5.82 Å². The third-order valence-electron chi connectivity index (χ3n) is 3.17. The van der Waals surface area contributed by atoms with Crippen LogP contribution in [0.2, 0.25) is 0 Å². The van der Waals surface area contributed by atoms with Crippen LogP contribution in [0.15, 0.2) is 28.9 Å². The number of hydrogen-bond donors (Lipinski definition) is 1. The topological polar surface area (TPSA) is 71.3 Å². The van der Waals surface area contributed by atoms with Crippen LogP contribution in [0.25, 0.3) is 0 Å². The second kappa shape index (κ2) is 7.59. The van der Waals surface area contributed by atoms with Gasteiger partial charge in [-0.2, -0.15) is 0 Å². The molecule has 0 spiro atoms. The minimum absolute atomic E-state index is 0.0329. The summed E-state index contributed by atoms with van der Waals surface area (Å²) in [6, 6.07) is 5.25. The van der Waals surface area contributed by atoms with E-state index in [1.807, 2.05) is 11.8 Å². The highest BCUT2D eigenvalue weighted by atomic mass is 16.5. The van der Waals surface area contributed by atoms with E-state index in [4.69, 9.17) is 4.52 Å². The molecule has 0 aliphatic heterocycles. The van der Waals surface area contributed by atoms with E-state index >= 15 is 0 Å². The second-order valence-electron chi connectivity index (χ2n) is 5.17. The molecular weight excluding hydrogens is 280 g/mol. The summed E-state index contributed by atoms with van der Waals surface area (Å²) >= 11 is 0. The highest BCUT2D eigenvalue weighted by molar-refractivity contribution is 5.95. The van der Waals surface area contributed by atoms with Gasteiger partial charge in [-0.15, -0.1) is 0 Å². The van der Waals surface area contributed by atoms with Crippen molar-refractivity contribution in [3.8, 4) is 0 Å². The molecule has 118 valence electrons. The average Bonchev–Trinajstić information content (AvgIpc) is 2.92. The zero-order valence-electron chi connectivity index (χ0n) is 13.3. The summed E-state index contributed by atoms with van der Waals surface area (Å²) in [5.74, 6) is 1.90. The number of carbonyl (C=O) groups excluding carboxylic acids is 1. The van der Waals surface area contributed by atoms with Crippen molar-refractivity contribution in [2.24, 2.45) is 0 Å². The number of pyridine rings is 1. The van der Waals surface area contributed by atoms with Crippen LogP contribution in [-0.2, 0) is 0 Å². The SMILES string of the molecule is CCCN(CCC)C(=O)c1ccnc(Nc2cc(C)on2)c1. The number of aryl methyl sites for hydroxylation is 1. The maximum absolute atomic E-state index is 12.6. The highest BCUT2D eigenvalue weighted by Crippen LogP contribution is 2.16. The van der Waals surface area contributed by atoms with Gasteiger partial charge in [-0.25, -0.2) is 4.98 Å². The Morgan fingerprint density at radius 1 is 1.23 bits per heavy atom. The van der Waals surface area contributed by atoms with Gasteiger partial charge in [0, 0.05) is 30.9 Å². The number of aromatic nitrogens is 2. The van der Waals surface area contributed by atoms with Gasteiger partial charge >= 0.3 is 0 Å². The highest BCUT2D eigenvalue weighted by Gasteiger charge is 2.15. The van der Waals surface area contributed by atoms with Crippen LogP contribution >= 0.6 is 0 Å². The smallest absolute Gasteiger partial charge is 0.254 e. The van der Waals surface area contributed by atoms with Crippen molar-refractivity contribution in [1.29, 1.82) is 0 Å². The van der Waals surface area contributed by atoms with Crippen LogP contribution in [0, 0.1) is 6.92 Å². The summed E-state index contributed by atoms with van der Waals surface area (Å²) in [4.78, 5) is 18.7. The van der Waals surface area contributed by atoms with Crippen LogP contribution in [0.3, 0.4) is 0 Å². The lowest BCUT2D eigenvalue weighted by atomic mass is 10.2. The van der Waals surface area contributed by atoms with E-state index < -0.39 is 0 Å². The average molecular weight is 302 g/mol. The molecule has 1 amide bonds. The Bertz CT molecular complexity index is 618. The Labute approximate surface area is 130 Å². The minimum Gasteiger partial charge on any atom is -0.360 e. The van der Waals surface area contributed by atoms with Crippen molar-refractivity contribution in [2.45, 2.75) is 33.6 Å². The van der Waals surface area contributed by atoms with Gasteiger partial charge in [0.1, 0.15) is 11.6 Å². The number of nitrogens with zero attached hydrogens (tertiary/aromatic N) is 3. The molecule has 6 heteroatoms. The fraction of sp³-hybridized carbons (Fsp3) is 0.438. The normalized spacial score (nSPS) is 10.5. The largest absolute Gasteiger partial charge is 0.360 e. The predicted octanol–water partition coefficient (Wildman–Crippen LogP) is 3.38. The fourth-order valence-electron chi connectivity index (χ4n) is 2.23. The van der Waals surface area contributed by atoms with Gasteiger partial charge in [0.2, 0.25) is 0 Å². The lowest BCUT2D eigenvalue weighted by molar-refractivity contribution is 0.0755. The molecule has 0 atom stereocenters. The molecule has 0 aliphatic rings. The van der Waals surface area contributed by atoms with Gasteiger partial charge in [-0.3, -0.25) is 4.79 Å². The van der Waals surface area contributed by atoms with E-state index in [0.717, 1.165) is 25.9 Å². The molecule has 1 N–H and O–H groups in total. The molecule has 2 aromatic heterocycles. The third-order valence-corrected chi connectivity index (χ3v) is 3.17. The Balaban J connectivity index is 2.14. The van der Waals surface area contributed by atoms with E-state index in [1.165, 1.54) is 0 Å². The van der Waals surface area contributed by atoms with Crippen LogP contribution in [0.5, 0.6) is 0 Å². The molecule has 6 nitrogen and oxygen atoms in total. The molecule has 0 aromatic carbocycles. The Hall–Kier alpha value is -2.37. The first-order valence-electron chi connectivity index (χ1n) is 7.59. The Kier molecular flexibility index (Phi) is 5.52. The van der Waals surface area contributed by atoms with Crippen molar-refractivity contribution in [2.75, 3.05) is 18.4 Å². The van der Waals surface area contributed by atoms with Crippen LogP contribution in [0.4, 0.5) is 11.6 Å². The van der Waals surface area contributed by atoms with Crippen molar-refractivity contribution in [1.82, 2.24) is 15.0 Å². The van der Waals surface area contributed by atoms with E-state index in [1.54, 1.807) is 24.4 Å². The number of amides is 1. The molecule has 0 saturated carbocycles. The number of nitrogens with one attached hydrogen (secondary N) is 1. The van der Waals surface area contributed by atoms with Crippen LogP contribution in [0.1, 0.15) is 42.8 Å². The summed E-state index contributed by atoms with van der Waals surface area (Å²) in [5, 5.41) is 6.89. The molecule has 0 fully saturated rings. The zero-order chi connectivity index (χ0) is 15.9. The molecule has 0 radical (unpaired) electrons. The van der Waals surface area contributed by atoms with E-state index in [-0.39, 0.29) is 5.91 Å². The molecular formula is C16H22N4O2. The zero-order valence-corrected chi connectivity index (χ0v) is 13.3. The van der Waals surface area contributed by atoms with Gasteiger partial charge in [-0.05, 0) is 31.9 Å². The van der Waals surface area contributed by atoms with Crippen molar-refractivity contribution in [3.05, 3.63) is 35.7 Å². The maximum atomic E-state index is 12.6. The second-order valence-corrected chi connectivity index (χ2v) is 5.17.